The number of likely N-dealkylation sites (tertiary alicyclic amines) is 1. The highest BCUT2D eigenvalue weighted by Crippen LogP contribution is 2.20. The van der Waals surface area contributed by atoms with Crippen molar-refractivity contribution in [3.05, 3.63) is 52.8 Å². The fourth-order valence-corrected chi connectivity index (χ4v) is 3.91. The Morgan fingerprint density at radius 3 is 2.73 bits per heavy atom. The summed E-state index contributed by atoms with van der Waals surface area (Å²) in [6, 6.07) is 9.84. The zero-order valence-electron chi connectivity index (χ0n) is 17.8. The first-order valence-corrected chi connectivity index (χ1v) is 10.4. The van der Waals surface area contributed by atoms with Gasteiger partial charge in [-0.15, -0.1) is 12.4 Å². The van der Waals surface area contributed by atoms with Gasteiger partial charge in [0.1, 0.15) is 0 Å². The highest BCUT2D eigenvalue weighted by molar-refractivity contribution is 5.94. The number of hydrogen-bond donors (Lipinski definition) is 2. The Morgan fingerprint density at radius 1 is 1.23 bits per heavy atom. The minimum absolute atomic E-state index is 0. The molecule has 3 N–H and O–H groups in total. The van der Waals surface area contributed by atoms with Gasteiger partial charge in [0.25, 0.3) is 5.91 Å². The van der Waals surface area contributed by atoms with Crippen LogP contribution in [0.25, 0.3) is 0 Å². The van der Waals surface area contributed by atoms with Crippen LogP contribution in [0, 0.1) is 13.8 Å². The lowest BCUT2D eigenvalue weighted by Gasteiger charge is -2.36. The number of benzene rings is 1. The summed E-state index contributed by atoms with van der Waals surface area (Å²) in [5.41, 5.74) is 9.26. The normalized spacial score (nSPS) is 16.1. The van der Waals surface area contributed by atoms with Gasteiger partial charge in [0, 0.05) is 43.4 Å². The number of carbonyl (C=O) groups is 2. The molecule has 0 bridgehead atoms. The number of nitrogens with two attached hydrogens (primary N) is 1. The Hall–Kier alpha value is -2.38. The van der Waals surface area contributed by atoms with Crippen LogP contribution in [0.15, 0.2) is 30.3 Å². The van der Waals surface area contributed by atoms with Crippen LogP contribution in [0.4, 0.5) is 0 Å². The van der Waals surface area contributed by atoms with E-state index in [9.17, 15) is 9.59 Å². The maximum atomic E-state index is 13.2. The second kappa shape index (κ2) is 11.1. The molecule has 1 aromatic heterocycles. The summed E-state index contributed by atoms with van der Waals surface area (Å²) in [6.45, 7) is 6.19. The number of halogens is 1. The van der Waals surface area contributed by atoms with E-state index in [1.165, 1.54) is 0 Å². The largest absolute Gasteiger partial charge is 0.354 e. The van der Waals surface area contributed by atoms with Crippen LogP contribution in [0.1, 0.15) is 53.0 Å². The molecule has 1 aromatic carbocycles. The van der Waals surface area contributed by atoms with Crippen molar-refractivity contribution >= 4 is 24.2 Å². The molecule has 0 radical (unpaired) electrons. The number of amides is 2. The second-order valence-electron chi connectivity index (χ2n) is 7.78. The van der Waals surface area contributed by atoms with Crippen molar-refractivity contribution in [1.29, 1.82) is 0 Å². The van der Waals surface area contributed by atoms with Gasteiger partial charge < -0.3 is 16.0 Å². The van der Waals surface area contributed by atoms with Crippen molar-refractivity contribution in [2.75, 3.05) is 19.6 Å². The molecule has 1 aliphatic heterocycles. The van der Waals surface area contributed by atoms with Crippen molar-refractivity contribution in [3.63, 3.8) is 0 Å². The number of piperidine rings is 1. The smallest absolute Gasteiger partial charge is 0.254 e. The molecule has 2 amide bonds. The van der Waals surface area contributed by atoms with E-state index in [-0.39, 0.29) is 30.3 Å². The Bertz CT molecular complexity index is 867. The minimum Gasteiger partial charge on any atom is -0.354 e. The predicted molar refractivity (Wildman–Crippen MR) is 120 cm³/mol. The van der Waals surface area contributed by atoms with Crippen molar-refractivity contribution < 1.29 is 9.59 Å². The number of hydrogen-bond acceptors (Lipinski definition) is 4. The number of nitrogens with zero attached hydrogens (tertiary/aromatic N) is 3. The van der Waals surface area contributed by atoms with Crippen molar-refractivity contribution in [2.45, 2.75) is 52.1 Å². The van der Waals surface area contributed by atoms with E-state index >= 15 is 0 Å². The first kappa shape index (κ1) is 23.9. The quantitative estimate of drug-likeness (QED) is 0.701. The van der Waals surface area contributed by atoms with Gasteiger partial charge >= 0.3 is 0 Å². The van der Waals surface area contributed by atoms with Crippen LogP contribution >= 0.6 is 12.4 Å². The van der Waals surface area contributed by atoms with E-state index in [1.54, 1.807) is 0 Å². The van der Waals surface area contributed by atoms with Crippen molar-refractivity contribution in [2.24, 2.45) is 5.73 Å². The number of nitrogens with one attached hydrogen (secondary N) is 1. The first-order chi connectivity index (χ1) is 14.0. The molecule has 1 saturated heterocycles. The van der Waals surface area contributed by atoms with E-state index < -0.39 is 0 Å². The number of aromatic nitrogens is 2. The third-order valence-electron chi connectivity index (χ3n) is 5.40. The molecule has 0 saturated carbocycles. The van der Waals surface area contributed by atoms with Gasteiger partial charge in [-0.2, -0.15) is 5.10 Å². The lowest BCUT2D eigenvalue weighted by Crippen LogP contribution is -2.49. The molecular weight excluding hydrogens is 402 g/mol. The molecule has 0 aliphatic carbocycles. The van der Waals surface area contributed by atoms with E-state index in [2.05, 4.69) is 10.4 Å². The van der Waals surface area contributed by atoms with Gasteiger partial charge in [0.05, 0.1) is 12.2 Å². The van der Waals surface area contributed by atoms with Gasteiger partial charge in [-0.05, 0) is 56.9 Å². The zero-order chi connectivity index (χ0) is 20.8. The van der Waals surface area contributed by atoms with Crippen LogP contribution in [0.3, 0.4) is 0 Å². The van der Waals surface area contributed by atoms with Gasteiger partial charge in [0.15, 0.2) is 0 Å². The Balaban J connectivity index is 0.00000320. The third-order valence-corrected chi connectivity index (χ3v) is 5.40. The van der Waals surface area contributed by atoms with Crippen LogP contribution < -0.4 is 11.1 Å². The average Bonchev–Trinajstić information content (AvgIpc) is 3.03. The highest BCUT2D eigenvalue weighted by atomic mass is 35.5. The molecule has 1 atom stereocenters. The van der Waals surface area contributed by atoms with Crippen LogP contribution in [-0.4, -0.2) is 52.2 Å². The van der Waals surface area contributed by atoms with E-state index in [1.807, 2.05) is 53.8 Å². The van der Waals surface area contributed by atoms with Gasteiger partial charge in [0.2, 0.25) is 5.91 Å². The minimum atomic E-state index is -0.0580. The molecule has 2 heterocycles. The first-order valence-electron chi connectivity index (χ1n) is 10.4. The van der Waals surface area contributed by atoms with Crippen LogP contribution in [0.5, 0.6) is 0 Å². The summed E-state index contributed by atoms with van der Waals surface area (Å²) in [7, 11) is 0. The maximum Gasteiger partial charge on any atom is 0.254 e. The van der Waals surface area contributed by atoms with E-state index in [4.69, 9.17) is 5.73 Å². The van der Waals surface area contributed by atoms with Gasteiger partial charge in [-0.3, -0.25) is 14.3 Å². The zero-order valence-corrected chi connectivity index (χ0v) is 18.6. The summed E-state index contributed by atoms with van der Waals surface area (Å²) in [4.78, 5) is 26.9. The number of rotatable bonds is 7. The lowest BCUT2D eigenvalue weighted by molar-refractivity contribution is -0.121. The molecule has 1 aliphatic rings. The highest BCUT2D eigenvalue weighted by Gasteiger charge is 2.27. The predicted octanol–water partition coefficient (Wildman–Crippen LogP) is 2.43. The molecule has 0 spiro atoms. The summed E-state index contributed by atoms with van der Waals surface area (Å²) in [5, 5.41) is 7.43. The monoisotopic (exact) mass is 433 g/mol. The molecule has 1 fully saturated rings. The molecule has 1 unspecified atom stereocenters. The Kier molecular flexibility index (Phi) is 8.87. The fraction of sp³-hybridized carbons (Fsp3) is 0.500. The number of aryl methyl sites for hydroxylation is 2. The van der Waals surface area contributed by atoms with E-state index in [0.717, 1.165) is 42.8 Å². The maximum absolute atomic E-state index is 13.2. The third kappa shape index (κ3) is 6.06. The number of carbonyl (C=O) groups excluding carboxylic acids is 2. The summed E-state index contributed by atoms with van der Waals surface area (Å²) in [6.07, 6.45) is 3.28. The van der Waals surface area contributed by atoms with Gasteiger partial charge in [-0.1, -0.05) is 12.1 Å². The fourth-order valence-electron chi connectivity index (χ4n) is 3.91. The molecule has 2 aromatic rings. The van der Waals surface area contributed by atoms with E-state index in [0.29, 0.717) is 31.6 Å². The summed E-state index contributed by atoms with van der Waals surface area (Å²) < 4.78 is 1.95. The molecule has 3 rings (SSSR count). The average molecular weight is 434 g/mol. The molecular formula is C22H32ClN5O2. The topological polar surface area (TPSA) is 93.2 Å². The second-order valence-corrected chi connectivity index (χ2v) is 7.78. The Labute approximate surface area is 184 Å². The van der Waals surface area contributed by atoms with Crippen molar-refractivity contribution in [1.82, 2.24) is 20.0 Å². The van der Waals surface area contributed by atoms with Crippen LogP contribution in [0.2, 0.25) is 0 Å². The lowest BCUT2D eigenvalue weighted by atomic mass is 10.00. The summed E-state index contributed by atoms with van der Waals surface area (Å²) >= 11 is 0. The van der Waals surface area contributed by atoms with Crippen LogP contribution in [-0.2, 0) is 11.3 Å². The molecule has 164 valence electrons. The SMILES string of the molecule is Cc1cc(C)n(Cc2cccc(C(=O)N3CCCCC3CNC(=O)CCN)c2)n1.Cl. The Morgan fingerprint density at radius 2 is 2.03 bits per heavy atom. The molecule has 7 nitrogen and oxygen atoms in total. The van der Waals surface area contributed by atoms with Gasteiger partial charge in [-0.25, -0.2) is 0 Å². The summed E-state index contributed by atoms with van der Waals surface area (Å²) in [5.74, 6) is -0.0321. The molecule has 30 heavy (non-hydrogen) atoms. The van der Waals surface area contributed by atoms with Crippen molar-refractivity contribution in [3.8, 4) is 0 Å². The standard InChI is InChI=1S/C22H31N5O2.ClH/c1-16-12-17(2)27(25-16)15-18-6-5-7-19(13-18)22(29)26-11-4-3-8-20(26)14-24-21(28)9-10-23;/h5-7,12-13,20H,3-4,8-11,14-15,23H2,1-2H3,(H,24,28);1H. The molecule has 8 heteroatoms.